The number of fused-ring (bicyclic) bond motifs is 5. The van der Waals surface area contributed by atoms with Crippen molar-refractivity contribution in [3.05, 3.63) is 185 Å². The van der Waals surface area contributed by atoms with Crippen LogP contribution in [0.3, 0.4) is 0 Å². The fourth-order valence-electron chi connectivity index (χ4n) is 7.34. The topological polar surface area (TPSA) is 92.1 Å². The van der Waals surface area contributed by atoms with Gasteiger partial charge in [-0.05, 0) is 71.4 Å². The molecule has 54 heavy (non-hydrogen) atoms. The largest absolute Gasteiger partial charge is 0.325 e. The fraction of sp³-hybridized carbons (Fsp3) is 0.133. The first-order valence-corrected chi connectivity index (χ1v) is 18.1. The Labute approximate surface area is 313 Å². The van der Waals surface area contributed by atoms with Gasteiger partial charge in [-0.1, -0.05) is 97.1 Å². The second-order valence-electron chi connectivity index (χ2n) is 13.3. The number of para-hydroxylation sites is 2. The molecule has 0 spiro atoms. The Bertz CT molecular complexity index is 2460. The second-order valence-corrected chi connectivity index (χ2v) is 13.3. The number of hydrogen-bond donors (Lipinski definition) is 2. The third-order valence-electron chi connectivity index (χ3n) is 9.89. The number of allylic oxidation sites excluding steroid dienone is 1. The molecule has 1 aliphatic heterocycles. The third-order valence-corrected chi connectivity index (χ3v) is 9.89. The zero-order valence-corrected chi connectivity index (χ0v) is 29.9. The number of nitrogens with zero attached hydrogens (tertiary/aromatic N) is 4. The van der Waals surface area contributed by atoms with Crippen LogP contribution in [-0.2, 0) is 22.6 Å². The minimum atomic E-state index is -0.152. The van der Waals surface area contributed by atoms with E-state index in [0.29, 0.717) is 16.3 Å². The van der Waals surface area contributed by atoms with Crippen molar-refractivity contribution >= 4 is 40.0 Å². The lowest BCUT2D eigenvalue weighted by Gasteiger charge is -2.32. The van der Waals surface area contributed by atoms with Crippen molar-refractivity contribution in [1.29, 1.82) is 0 Å². The van der Waals surface area contributed by atoms with Crippen LogP contribution in [0.15, 0.2) is 164 Å². The monoisotopic (exact) mass is 712 g/mol. The van der Waals surface area contributed by atoms with Crippen LogP contribution in [0, 0.1) is 4.91 Å². The lowest BCUT2D eigenvalue weighted by atomic mass is 9.91. The molecule has 0 saturated carbocycles. The van der Waals surface area contributed by atoms with Crippen LogP contribution in [0.2, 0.25) is 0 Å². The van der Waals surface area contributed by atoms with Gasteiger partial charge < -0.3 is 10.6 Å². The van der Waals surface area contributed by atoms with Crippen LogP contribution >= 0.6 is 0 Å². The molecule has 9 nitrogen and oxygen atoms in total. The Morgan fingerprint density at radius 2 is 1.48 bits per heavy atom. The minimum absolute atomic E-state index is 0.152. The maximum Gasteiger partial charge on any atom is 0.316 e. The summed E-state index contributed by atoms with van der Waals surface area (Å²) in [5.41, 5.74) is 12.2. The van der Waals surface area contributed by atoms with Gasteiger partial charge in [0.2, 0.25) is 12.5 Å². The van der Waals surface area contributed by atoms with E-state index < -0.39 is 0 Å². The van der Waals surface area contributed by atoms with Crippen molar-refractivity contribution in [3.8, 4) is 11.1 Å². The Hall–Kier alpha value is -6.87. The number of anilines is 2. The molecule has 266 valence electrons. The molecule has 0 saturated heterocycles. The maximum absolute atomic E-state index is 12.2. The van der Waals surface area contributed by atoms with Gasteiger partial charge in [0, 0.05) is 41.2 Å². The second kappa shape index (κ2) is 15.4. The number of nitrogens with one attached hydrogen (secondary N) is 2. The quantitative estimate of drug-likeness (QED) is 0.127. The molecule has 5 aromatic carbocycles. The highest BCUT2D eigenvalue weighted by Gasteiger charge is 2.33. The molecule has 2 aromatic heterocycles. The van der Waals surface area contributed by atoms with Gasteiger partial charge in [-0.15, -0.1) is 0 Å². The highest BCUT2D eigenvalue weighted by Crippen LogP contribution is 2.45. The first-order chi connectivity index (χ1) is 26.6. The van der Waals surface area contributed by atoms with Crippen molar-refractivity contribution in [2.45, 2.75) is 31.8 Å². The fourth-order valence-corrected chi connectivity index (χ4v) is 7.34. The van der Waals surface area contributed by atoms with Crippen LogP contribution in [0.4, 0.5) is 17.3 Å². The smallest absolute Gasteiger partial charge is 0.316 e. The summed E-state index contributed by atoms with van der Waals surface area (Å²) in [4.78, 5) is 33.4. The summed E-state index contributed by atoms with van der Waals surface area (Å²) < 4.78 is 4.19. The highest BCUT2D eigenvalue weighted by molar-refractivity contribution is 5.90. The van der Waals surface area contributed by atoms with E-state index in [1.165, 1.54) is 47.0 Å². The number of aryl methyl sites for hydroxylation is 1. The molecule has 0 radical (unpaired) electrons. The number of amides is 1. The van der Waals surface area contributed by atoms with E-state index in [4.69, 9.17) is 4.98 Å². The maximum atomic E-state index is 12.2. The van der Waals surface area contributed by atoms with Crippen LogP contribution in [0.1, 0.15) is 35.6 Å². The summed E-state index contributed by atoms with van der Waals surface area (Å²) >= 11 is 0. The summed E-state index contributed by atoms with van der Waals surface area (Å²) in [6.45, 7) is 0.197. The molecule has 9 heteroatoms. The first-order valence-electron chi connectivity index (χ1n) is 18.1. The van der Waals surface area contributed by atoms with Gasteiger partial charge in [0.05, 0.1) is 22.0 Å². The molecule has 2 aliphatic rings. The van der Waals surface area contributed by atoms with Crippen molar-refractivity contribution in [3.63, 3.8) is 0 Å². The number of hydrogen-bond acceptors (Lipinski definition) is 5. The predicted octanol–water partition coefficient (Wildman–Crippen LogP) is 9.05. The van der Waals surface area contributed by atoms with E-state index in [-0.39, 0.29) is 18.5 Å². The lowest BCUT2D eigenvalue weighted by molar-refractivity contribution is -0.736. The average molecular weight is 713 g/mol. The van der Waals surface area contributed by atoms with E-state index in [1.807, 2.05) is 54.9 Å². The zero-order valence-electron chi connectivity index (χ0n) is 29.9. The van der Waals surface area contributed by atoms with E-state index in [1.54, 1.807) is 28.8 Å². The molecule has 0 bridgehead atoms. The Morgan fingerprint density at radius 1 is 0.815 bits per heavy atom. The minimum Gasteiger partial charge on any atom is -0.325 e. The van der Waals surface area contributed by atoms with Crippen LogP contribution in [-0.4, -0.2) is 27.5 Å². The molecule has 1 atom stereocenters. The van der Waals surface area contributed by atoms with Gasteiger partial charge in [0.15, 0.2) is 19.5 Å². The number of imidazole rings is 1. The normalized spacial score (nSPS) is 14.3. The van der Waals surface area contributed by atoms with Gasteiger partial charge in [-0.3, -0.25) is 9.36 Å². The van der Waals surface area contributed by atoms with Crippen molar-refractivity contribution in [2.75, 3.05) is 17.7 Å². The molecule has 1 unspecified atom stereocenters. The molecule has 9 rings (SSSR count). The van der Waals surface area contributed by atoms with E-state index in [9.17, 15) is 9.70 Å². The highest BCUT2D eigenvalue weighted by atomic mass is 16.8. The predicted molar refractivity (Wildman–Crippen MR) is 212 cm³/mol. The summed E-state index contributed by atoms with van der Waals surface area (Å²) in [5.74, 6) is 0.784. The third kappa shape index (κ3) is 7.12. The number of benzene rings is 5. The Morgan fingerprint density at radius 3 is 2.24 bits per heavy atom. The molecule has 1 amide bonds. The number of aromatic nitrogens is 3. The molecule has 0 fully saturated rings. The van der Waals surface area contributed by atoms with E-state index in [2.05, 4.69) is 98.9 Å². The number of rotatable bonds is 7. The molecule has 7 aromatic rings. The summed E-state index contributed by atoms with van der Waals surface area (Å²) in [5, 5.41) is 6.52. The van der Waals surface area contributed by atoms with E-state index >= 15 is 0 Å². The summed E-state index contributed by atoms with van der Waals surface area (Å²) in [6, 6.07) is 48.8. The number of pyridine rings is 1. The SMILES string of the molecule is CO[N+](=O)c1ccc(NC(=O)C[n+]2ccc(-c3ccccc3)cc2)cc1.c1ccc(C2C3=C(Nc4nc5ccccc5n42)c2ccccc2CCC3)cc1. The molecule has 2 N–H and O–H groups in total. The van der Waals surface area contributed by atoms with Gasteiger partial charge in [-0.25, -0.2) is 9.82 Å². The molecule has 1 aliphatic carbocycles. The van der Waals surface area contributed by atoms with Gasteiger partial charge >= 0.3 is 5.69 Å². The van der Waals surface area contributed by atoms with Gasteiger partial charge in [0.25, 0.3) is 10.8 Å². The summed E-state index contributed by atoms with van der Waals surface area (Å²) in [7, 11) is 1.29. The van der Waals surface area contributed by atoms with Crippen molar-refractivity contribution in [1.82, 2.24) is 9.55 Å². The standard InChI is InChI=1S/C25H21N3.C20H18N3O3/c1-2-10-18(11-3-1)24-20-14-8-12-17-9-4-5-13-19(17)23(20)27-25-26-21-15-6-7-16-22(21)28(24)25;1-26-23(25)19-9-7-18(8-10-19)21-20(24)15-22-13-11-17(12-14-22)16-5-3-2-4-6-16/h1-7,9-11,13,15-16,24H,8,12,14H2,(H,26,27);2-14H,15H2,1H3/q;+1/p+1. The number of carbonyl (C=O) groups is 1. The molecular formula is C45H40N6O3+2. The van der Waals surface area contributed by atoms with Crippen molar-refractivity contribution < 1.29 is 19.1 Å². The Balaban J connectivity index is 0.000000154. The van der Waals surface area contributed by atoms with Crippen molar-refractivity contribution in [2.24, 2.45) is 0 Å². The first kappa shape index (κ1) is 34.2. The van der Waals surface area contributed by atoms with E-state index in [0.717, 1.165) is 35.4 Å². The Kier molecular flexibility index (Phi) is 9.76. The molecule has 3 heterocycles. The van der Waals surface area contributed by atoms with Gasteiger partial charge in [-0.2, -0.15) is 4.57 Å². The van der Waals surface area contributed by atoms with Gasteiger partial charge in [0.1, 0.15) is 0 Å². The average Bonchev–Trinajstić information content (AvgIpc) is 3.49. The summed E-state index contributed by atoms with van der Waals surface area (Å²) in [6.07, 6.45) is 7.12. The molecular weight excluding hydrogens is 673 g/mol. The number of carbonyl (C=O) groups excluding carboxylic acids is 1. The van der Waals surface area contributed by atoms with Crippen LogP contribution in [0.25, 0.3) is 27.9 Å². The van der Waals surface area contributed by atoms with Crippen LogP contribution in [0.5, 0.6) is 0 Å². The van der Waals surface area contributed by atoms with Crippen LogP contribution < -0.4 is 15.2 Å². The zero-order chi connectivity index (χ0) is 36.9. The lowest BCUT2D eigenvalue weighted by Crippen LogP contribution is -2.39.